The molecule has 0 N–H and O–H groups in total. The van der Waals surface area contributed by atoms with Gasteiger partial charge in [-0.1, -0.05) is 17.4 Å². The first-order chi connectivity index (χ1) is 15.5. The predicted molar refractivity (Wildman–Crippen MR) is 118 cm³/mol. The van der Waals surface area contributed by atoms with E-state index in [-0.39, 0.29) is 23.9 Å². The Balaban J connectivity index is 1.29. The number of carbonyl (C=O) groups excluding carboxylic acids is 3. The van der Waals surface area contributed by atoms with Crippen molar-refractivity contribution >= 4 is 34.2 Å². The van der Waals surface area contributed by atoms with Crippen LogP contribution in [0.1, 0.15) is 41.8 Å². The maximum absolute atomic E-state index is 13.1. The summed E-state index contributed by atoms with van der Waals surface area (Å²) in [4.78, 5) is 47.9. The van der Waals surface area contributed by atoms with Crippen LogP contribution in [0, 0.1) is 6.92 Å². The van der Waals surface area contributed by atoms with Crippen molar-refractivity contribution in [2.24, 2.45) is 0 Å². The molecule has 2 aliphatic rings. The molecule has 4 heterocycles. The van der Waals surface area contributed by atoms with Crippen LogP contribution in [0.2, 0.25) is 0 Å². The average Bonchev–Trinajstić information content (AvgIpc) is 3.36. The maximum atomic E-state index is 13.1. The molecule has 0 aliphatic carbocycles. The smallest absolute Gasteiger partial charge is 0.261 e. The lowest BCUT2D eigenvalue weighted by Crippen LogP contribution is -2.48. The molecule has 0 bridgehead atoms. The number of nitrogens with zero attached hydrogens (tertiary/aromatic N) is 6. The third-order valence-corrected chi connectivity index (χ3v) is 6.52. The lowest BCUT2D eigenvalue weighted by molar-refractivity contribution is 0.0640. The van der Waals surface area contributed by atoms with Crippen LogP contribution in [0.15, 0.2) is 42.6 Å². The Kier molecular flexibility index (Phi) is 5.14. The number of benzene rings is 1. The fourth-order valence-corrected chi connectivity index (χ4v) is 4.66. The molecule has 1 saturated heterocycles. The average molecular weight is 449 g/mol. The van der Waals surface area contributed by atoms with E-state index in [0.717, 1.165) is 10.1 Å². The molecule has 0 saturated carbocycles. The lowest BCUT2D eigenvalue weighted by Gasteiger charge is -2.34. The molecule has 9 nitrogen and oxygen atoms in total. The Morgan fingerprint density at radius 2 is 1.78 bits per heavy atom. The number of carbonyl (C=O) groups is 3. The Morgan fingerprint density at radius 3 is 2.47 bits per heavy atom. The van der Waals surface area contributed by atoms with Crippen LogP contribution in [0.5, 0.6) is 0 Å². The van der Waals surface area contributed by atoms with Gasteiger partial charge >= 0.3 is 0 Å². The number of anilines is 1. The van der Waals surface area contributed by atoms with Crippen molar-refractivity contribution in [2.75, 3.05) is 31.1 Å². The maximum Gasteiger partial charge on any atom is 0.261 e. The van der Waals surface area contributed by atoms with Crippen molar-refractivity contribution in [1.29, 1.82) is 0 Å². The Bertz CT molecular complexity index is 1200. The standard InChI is InChI=1S/C22H20N6O3S/c1-14-24-25-22(32-14)27-10-8-26(9-11-27)19(29)15-5-6-17-18(12-15)21(31)28(20(17)30)13-16-4-2-3-7-23-16/h2-7,12H,8-11,13H2,1H3. The highest BCUT2D eigenvalue weighted by Crippen LogP contribution is 2.26. The lowest BCUT2D eigenvalue weighted by atomic mass is 10.0. The summed E-state index contributed by atoms with van der Waals surface area (Å²) in [7, 11) is 0. The zero-order valence-corrected chi connectivity index (χ0v) is 18.2. The van der Waals surface area contributed by atoms with E-state index in [1.165, 1.54) is 22.3 Å². The summed E-state index contributed by atoms with van der Waals surface area (Å²) >= 11 is 1.54. The molecule has 0 unspecified atom stereocenters. The summed E-state index contributed by atoms with van der Waals surface area (Å²) in [5.41, 5.74) is 1.62. The molecule has 3 aromatic rings. The molecule has 1 fully saturated rings. The van der Waals surface area contributed by atoms with E-state index in [1.807, 2.05) is 13.0 Å². The van der Waals surface area contributed by atoms with Crippen molar-refractivity contribution in [3.05, 3.63) is 70.0 Å². The SMILES string of the molecule is Cc1nnc(N2CCN(C(=O)c3ccc4c(c3)C(=O)N(Cc3ccccn3)C4=O)CC2)s1. The van der Waals surface area contributed by atoms with Gasteiger partial charge in [-0.05, 0) is 37.3 Å². The van der Waals surface area contributed by atoms with Crippen molar-refractivity contribution < 1.29 is 14.4 Å². The number of aryl methyl sites for hydroxylation is 1. The van der Waals surface area contributed by atoms with Crippen LogP contribution in [0.4, 0.5) is 5.13 Å². The zero-order chi connectivity index (χ0) is 22.2. The Hall–Kier alpha value is -3.66. The largest absolute Gasteiger partial charge is 0.343 e. The highest BCUT2D eigenvalue weighted by Gasteiger charge is 2.36. The fourth-order valence-electron chi connectivity index (χ4n) is 3.92. The molecule has 0 atom stereocenters. The van der Waals surface area contributed by atoms with Crippen LogP contribution >= 0.6 is 11.3 Å². The normalized spacial score (nSPS) is 16.0. The first-order valence-corrected chi connectivity index (χ1v) is 11.1. The zero-order valence-electron chi connectivity index (χ0n) is 17.4. The molecule has 0 spiro atoms. The van der Waals surface area contributed by atoms with Gasteiger partial charge in [0.2, 0.25) is 5.13 Å². The topological polar surface area (TPSA) is 99.6 Å². The van der Waals surface area contributed by atoms with Crippen molar-refractivity contribution in [3.63, 3.8) is 0 Å². The van der Waals surface area contributed by atoms with Gasteiger partial charge in [-0.15, -0.1) is 10.2 Å². The highest BCUT2D eigenvalue weighted by molar-refractivity contribution is 7.15. The molecule has 1 aromatic carbocycles. The number of hydrogen-bond donors (Lipinski definition) is 0. The third kappa shape index (κ3) is 3.62. The summed E-state index contributed by atoms with van der Waals surface area (Å²) in [5.74, 6) is -0.915. The monoisotopic (exact) mass is 448 g/mol. The summed E-state index contributed by atoms with van der Waals surface area (Å²) in [6.07, 6.45) is 1.62. The van der Waals surface area contributed by atoms with E-state index in [0.29, 0.717) is 43.0 Å². The second-order valence-corrected chi connectivity index (χ2v) is 8.82. The molecule has 10 heteroatoms. The summed E-state index contributed by atoms with van der Waals surface area (Å²) in [6, 6.07) is 10.1. The number of piperazine rings is 1. The van der Waals surface area contributed by atoms with E-state index in [2.05, 4.69) is 20.1 Å². The molecule has 162 valence electrons. The number of amides is 3. The predicted octanol–water partition coefficient (Wildman–Crippen LogP) is 2.00. The van der Waals surface area contributed by atoms with Gasteiger partial charge in [0, 0.05) is 37.9 Å². The number of imide groups is 1. The molecular weight excluding hydrogens is 428 g/mol. The van der Waals surface area contributed by atoms with Gasteiger partial charge in [0.25, 0.3) is 17.7 Å². The van der Waals surface area contributed by atoms with Gasteiger partial charge in [-0.3, -0.25) is 24.3 Å². The van der Waals surface area contributed by atoms with Crippen LogP contribution < -0.4 is 4.90 Å². The highest BCUT2D eigenvalue weighted by atomic mass is 32.1. The second-order valence-electron chi connectivity index (χ2n) is 7.66. The van der Waals surface area contributed by atoms with Gasteiger partial charge in [0.05, 0.1) is 23.4 Å². The summed E-state index contributed by atoms with van der Waals surface area (Å²) in [5, 5.41) is 10.00. The van der Waals surface area contributed by atoms with Gasteiger partial charge in [0.1, 0.15) is 5.01 Å². The summed E-state index contributed by atoms with van der Waals surface area (Å²) in [6.45, 7) is 4.45. The molecule has 5 rings (SSSR count). The number of hydrogen-bond acceptors (Lipinski definition) is 8. The van der Waals surface area contributed by atoms with Crippen molar-refractivity contribution in [3.8, 4) is 0 Å². The fraction of sp³-hybridized carbons (Fsp3) is 0.273. The molecule has 32 heavy (non-hydrogen) atoms. The molecular formula is C22H20N6O3S. The molecule has 3 amide bonds. The van der Waals surface area contributed by atoms with Crippen molar-refractivity contribution in [1.82, 2.24) is 25.0 Å². The molecule has 0 radical (unpaired) electrons. The number of aromatic nitrogens is 3. The van der Waals surface area contributed by atoms with Gasteiger partial charge in [-0.2, -0.15) is 0 Å². The van der Waals surface area contributed by atoms with Gasteiger partial charge in [0.15, 0.2) is 0 Å². The van der Waals surface area contributed by atoms with Crippen LogP contribution in [-0.4, -0.2) is 68.9 Å². The van der Waals surface area contributed by atoms with Gasteiger partial charge < -0.3 is 9.80 Å². The van der Waals surface area contributed by atoms with Gasteiger partial charge in [-0.25, -0.2) is 0 Å². The minimum absolute atomic E-state index is 0.101. The minimum atomic E-state index is -0.401. The number of fused-ring (bicyclic) bond motifs is 1. The quantitative estimate of drug-likeness (QED) is 0.563. The van der Waals surface area contributed by atoms with E-state index in [9.17, 15) is 14.4 Å². The Morgan fingerprint density at radius 1 is 1.00 bits per heavy atom. The first kappa shape index (κ1) is 20.3. The van der Waals surface area contributed by atoms with Crippen molar-refractivity contribution in [2.45, 2.75) is 13.5 Å². The number of rotatable bonds is 4. The van der Waals surface area contributed by atoms with Crippen LogP contribution in [0.25, 0.3) is 0 Å². The van der Waals surface area contributed by atoms with Crippen LogP contribution in [0.3, 0.4) is 0 Å². The Labute approximate surface area is 188 Å². The second kappa shape index (κ2) is 8.12. The molecule has 2 aliphatic heterocycles. The van der Waals surface area contributed by atoms with E-state index >= 15 is 0 Å². The minimum Gasteiger partial charge on any atom is -0.343 e. The molecule has 2 aromatic heterocycles. The first-order valence-electron chi connectivity index (χ1n) is 10.3. The van der Waals surface area contributed by atoms with E-state index < -0.39 is 5.91 Å². The third-order valence-electron chi connectivity index (χ3n) is 5.62. The number of pyridine rings is 1. The van der Waals surface area contributed by atoms with Crippen LogP contribution in [-0.2, 0) is 6.54 Å². The van der Waals surface area contributed by atoms with E-state index in [4.69, 9.17) is 0 Å². The van der Waals surface area contributed by atoms with E-state index in [1.54, 1.807) is 35.4 Å². The summed E-state index contributed by atoms with van der Waals surface area (Å²) < 4.78 is 0.